The van der Waals surface area contributed by atoms with Gasteiger partial charge in [-0.2, -0.15) is 0 Å². The zero-order chi connectivity index (χ0) is 14.2. The third-order valence-electron chi connectivity index (χ3n) is 4.02. The first kappa shape index (κ1) is 12.0. The van der Waals surface area contributed by atoms with E-state index < -0.39 is 0 Å². The van der Waals surface area contributed by atoms with Gasteiger partial charge in [0.15, 0.2) is 0 Å². The molecule has 21 heavy (non-hydrogen) atoms. The van der Waals surface area contributed by atoms with Crippen molar-refractivity contribution in [3.8, 4) is 11.1 Å². The number of fused-ring (bicyclic) bond motifs is 3. The summed E-state index contributed by atoms with van der Waals surface area (Å²) in [6, 6.07) is 27.3. The average molecular weight is 269 g/mol. The predicted molar refractivity (Wildman–Crippen MR) is 91.3 cm³/mol. The van der Waals surface area contributed by atoms with E-state index in [-0.39, 0.29) is 0 Å². The Labute approximate surface area is 123 Å². The summed E-state index contributed by atoms with van der Waals surface area (Å²) in [7, 11) is 0. The minimum atomic E-state index is 0.835. The lowest BCUT2D eigenvalue weighted by Crippen LogP contribution is -1.90. The van der Waals surface area contributed by atoms with Crippen molar-refractivity contribution in [2.45, 2.75) is 0 Å². The highest BCUT2D eigenvalue weighted by molar-refractivity contribution is 6.16. The molecule has 0 aromatic heterocycles. The number of nitrogen functional groups attached to an aromatic ring is 1. The Morgan fingerprint density at radius 2 is 1.14 bits per heavy atom. The summed E-state index contributed by atoms with van der Waals surface area (Å²) in [5, 5.41) is 4.79. The molecule has 0 atom stereocenters. The van der Waals surface area contributed by atoms with Crippen LogP contribution in [0.2, 0.25) is 0 Å². The van der Waals surface area contributed by atoms with Crippen LogP contribution in [0.15, 0.2) is 78.9 Å². The zero-order valence-electron chi connectivity index (χ0n) is 11.6. The highest BCUT2D eigenvalue weighted by Crippen LogP contribution is 2.35. The summed E-state index contributed by atoms with van der Waals surface area (Å²) < 4.78 is 0. The van der Waals surface area contributed by atoms with E-state index in [0.29, 0.717) is 0 Å². The van der Waals surface area contributed by atoms with Gasteiger partial charge in [0.05, 0.1) is 0 Å². The van der Waals surface area contributed by atoms with Gasteiger partial charge in [-0.25, -0.2) is 0 Å². The summed E-state index contributed by atoms with van der Waals surface area (Å²) in [6.07, 6.45) is 0. The van der Waals surface area contributed by atoms with Gasteiger partial charge in [-0.3, -0.25) is 0 Å². The van der Waals surface area contributed by atoms with Crippen LogP contribution in [0, 0.1) is 0 Å². The van der Waals surface area contributed by atoms with E-state index in [4.69, 9.17) is 5.73 Å². The highest BCUT2D eigenvalue weighted by atomic mass is 14.5. The normalized spacial score (nSPS) is 11.0. The first-order chi connectivity index (χ1) is 10.3. The third kappa shape index (κ3) is 1.86. The van der Waals surface area contributed by atoms with Crippen LogP contribution in [-0.4, -0.2) is 0 Å². The van der Waals surface area contributed by atoms with Crippen molar-refractivity contribution < 1.29 is 0 Å². The molecule has 1 nitrogen and oxygen atoms in total. The largest absolute Gasteiger partial charge is 0.398 e. The lowest BCUT2D eigenvalue weighted by Gasteiger charge is -2.11. The quantitative estimate of drug-likeness (QED) is 0.371. The van der Waals surface area contributed by atoms with Crippen LogP contribution in [0.25, 0.3) is 32.7 Å². The average Bonchev–Trinajstić information content (AvgIpc) is 2.56. The van der Waals surface area contributed by atoms with Crippen molar-refractivity contribution in [2.75, 3.05) is 5.73 Å². The topological polar surface area (TPSA) is 26.0 Å². The van der Waals surface area contributed by atoms with Crippen molar-refractivity contribution >= 4 is 27.2 Å². The molecule has 0 amide bonds. The van der Waals surface area contributed by atoms with Gasteiger partial charge in [-0.15, -0.1) is 0 Å². The van der Waals surface area contributed by atoms with Gasteiger partial charge in [-0.1, -0.05) is 72.8 Å². The summed E-state index contributed by atoms with van der Waals surface area (Å²) in [5.74, 6) is 0. The molecule has 0 saturated carbocycles. The van der Waals surface area contributed by atoms with E-state index >= 15 is 0 Å². The van der Waals surface area contributed by atoms with Crippen molar-refractivity contribution in [3.63, 3.8) is 0 Å². The molecule has 4 aromatic carbocycles. The predicted octanol–water partition coefficient (Wildman–Crippen LogP) is 5.24. The lowest BCUT2D eigenvalue weighted by molar-refractivity contribution is 1.66. The number of anilines is 1. The summed E-state index contributed by atoms with van der Waals surface area (Å²) in [6.45, 7) is 0. The van der Waals surface area contributed by atoms with Crippen molar-refractivity contribution in [1.29, 1.82) is 0 Å². The molecular formula is C20H15N. The minimum absolute atomic E-state index is 0.835. The third-order valence-corrected chi connectivity index (χ3v) is 4.02. The monoisotopic (exact) mass is 269 g/mol. The zero-order valence-corrected chi connectivity index (χ0v) is 11.6. The molecule has 0 aliphatic heterocycles. The maximum Gasteiger partial charge on any atom is 0.0400 e. The van der Waals surface area contributed by atoms with E-state index in [2.05, 4.69) is 66.7 Å². The van der Waals surface area contributed by atoms with Gasteiger partial charge in [0, 0.05) is 11.1 Å². The van der Waals surface area contributed by atoms with Gasteiger partial charge in [-0.05, 0) is 33.4 Å². The molecule has 100 valence electrons. The lowest BCUT2D eigenvalue weighted by atomic mass is 9.94. The smallest absolute Gasteiger partial charge is 0.0400 e. The SMILES string of the molecule is Nc1cc2c(-c3ccccc3)cccc2c2ccccc12. The Bertz CT molecular complexity index is 940. The van der Waals surface area contributed by atoms with Crippen molar-refractivity contribution in [3.05, 3.63) is 78.9 Å². The minimum Gasteiger partial charge on any atom is -0.398 e. The first-order valence-corrected chi connectivity index (χ1v) is 7.10. The van der Waals surface area contributed by atoms with Crippen LogP contribution in [0.3, 0.4) is 0 Å². The van der Waals surface area contributed by atoms with E-state index in [9.17, 15) is 0 Å². The van der Waals surface area contributed by atoms with Gasteiger partial charge in [0.1, 0.15) is 0 Å². The Balaban J connectivity index is 2.16. The standard InChI is InChI=1S/C20H15N/c21-20-13-19-15(14-7-2-1-3-8-14)11-6-12-17(19)16-9-4-5-10-18(16)20/h1-13H,21H2. The molecule has 0 aliphatic rings. The van der Waals surface area contributed by atoms with E-state index in [1.807, 2.05) is 12.1 Å². The molecule has 0 unspecified atom stereocenters. The maximum absolute atomic E-state index is 6.27. The number of benzene rings is 4. The Hall–Kier alpha value is -2.80. The summed E-state index contributed by atoms with van der Waals surface area (Å²) in [5.41, 5.74) is 9.55. The van der Waals surface area contributed by atoms with Gasteiger partial charge >= 0.3 is 0 Å². The molecule has 0 saturated heterocycles. The van der Waals surface area contributed by atoms with Crippen LogP contribution in [0.5, 0.6) is 0 Å². The molecule has 0 aliphatic carbocycles. The van der Waals surface area contributed by atoms with Crippen LogP contribution in [0.4, 0.5) is 5.69 Å². The van der Waals surface area contributed by atoms with Crippen LogP contribution in [-0.2, 0) is 0 Å². The first-order valence-electron chi connectivity index (χ1n) is 7.10. The second kappa shape index (κ2) is 4.64. The molecule has 0 heterocycles. The van der Waals surface area contributed by atoms with E-state index in [1.165, 1.54) is 27.3 Å². The molecule has 4 aromatic rings. The Morgan fingerprint density at radius 1 is 0.524 bits per heavy atom. The highest BCUT2D eigenvalue weighted by Gasteiger charge is 2.08. The van der Waals surface area contributed by atoms with E-state index in [0.717, 1.165) is 11.1 Å². The molecule has 4 rings (SSSR count). The van der Waals surface area contributed by atoms with Crippen LogP contribution >= 0.6 is 0 Å². The number of hydrogen-bond donors (Lipinski definition) is 1. The number of nitrogens with two attached hydrogens (primary N) is 1. The van der Waals surface area contributed by atoms with Crippen LogP contribution < -0.4 is 5.73 Å². The summed E-state index contributed by atoms with van der Waals surface area (Å²) >= 11 is 0. The van der Waals surface area contributed by atoms with Crippen molar-refractivity contribution in [2.24, 2.45) is 0 Å². The maximum atomic E-state index is 6.27. The number of rotatable bonds is 1. The Kier molecular flexibility index (Phi) is 2.65. The number of hydrogen-bond acceptors (Lipinski definition) is 1. The fourth-order valence-electron chi connectivity index (χ4n) is 3.03. The van der Waals surface area contributed by atoms with E-state index in [1.54, 1.807) is 0 Å². The van der Waals surface area contributed by atoms with Gasteiger partial charge in [0.2, 0.25) is 0 Å². The molecule has 0 bridgehead atoms. The van der Waals surface area contributed by atoms with Crippen molar-refractivity contribution in [1.82, 2.24) is 0 Å². The molecule has 0 radical (unpaired) electrons. The molecule has 1 heteroatoms. The second-order valence-electron chi connectivity index (χ2n) is 5.28. The second-order valence-corrected chi connectivity index (χ2v) is 5.28. The van der Waals surface area contributed by atoms with Crippen LogP contribution in [0.1, 0.15) is 0 Å². The molecule has 0 fully saturated rings. The fraction of sp³-hybridized carbons (Fsp3) is 0. The van der Waals surface area contributed by atoms with Gasteiger partial charge < -0.3 is 5.73 Å². The molecule has 2 N–H and O–H groups in total. The molecule has 0 spiro atoms. The summed E-state index contributed by atoms with van der Waals surface area (Å²) in [4.78, 5) is 0. The van der Waals surface area contributed by atoms with Gasteiger partial charge in [0.25, 0.3) is 0 Å². The Morgan fingerprint density at radius 3 is 1.95 bits per heavy atom. The molecular weight excluding hydrogens is 254 g/mol. The fourth-order valence-corrected chi connectivity index (χ4v) is 3.03.